The number of nitrogens with zero attached hydrogens (tertiary/aromatic N) is 1. The second-order valence-corrected chi connectivity index (χ2v) is 8.11. The molecule has 0 aliphatic heterocycles. The fraction of sp³-hybridized carbons (Fsp3) is 0.357. The summed E-state index contributed by atoms with van der Waals surface area (Å²) in [5.41, 5.74) is 0.678. The molecular weight excluding hydrogens is 340 g/mol. The lowest BCUT2D eigenvalue weighted by Crippen LogP contribution is -2.34. The number of sulfonamides is 1. The smallest absolute Gasteiger partial charge is 0.241 e. The fourth-order valence-corrected chi connectivity index (χ4v) is 4.21. The van der Waals surface area contributed by atoms with Crippen molar-refractivity contribution in [2.45, 2.75) is 36.0 Å². The van der Waals surface area contributed by atoms with Crippen LogP contribution in [-0.2, 0) is 10.0 Å². The second kappa shape index (κ2) is 6.20. The predicted octanol–water partition coefficient (Wildman–Crippen LogP) is 3.08. The lowest BCUT2D eigenvalue weighted by molar-refractivity contribution is 0.548. The summed E-state index contributed by atoms with van der Waals surface area (Å²) >= 11 is 3.43. The van der Waals surface area contributed by atoms with Gasteiger partial charge >= 0.3 is 0 Å². The number of fused-ring (bicyclic) bond motifs is 1. The molecule has 0 radical (unpaired) electrons. The Morgan fingerprint density at radius 1 is 1.25 bits per heavy atom. The Bertz CT molecular complexity index is 696. The van der Waals surface area contributed by atoms with E-state index < -0.39 is 10.0 Å². The topological polar surface area (TPSA) is 59.1 Å². The monoisotopic (exact) mass is 356 g/mol. The van der Waals surface area contributed by atoms with Crippen LogP contribution in [0.15, 0.2) is 41.4 Å². The summed E-state index contributed by atoms with van der Waals surface area (Å²) in [6.45, 7) is 3.85. The first-order valence-electron chi connectivity index (χ1n) is 6.40. The maximum Gasteiger partial charge on any atom is 0.241 e. The molecule has 2 atom stereocenters. The van der Waals surface area contributed by atoms with Crippen LogP contribution in [0.4, 0.5) is 0 Å². The highest BCUT2D eigenvalue weighted by molar-refractivity contribution is 9.09. The van der Waals surface area contributed by atoms with Crippen LogP contribution in [0.3, 0.4) is 0 Å². The number of halogens is 1. The number of hydrogen-bond acceptors (Lipinski definition) is 3. The molecule has 0 saturated heterocycles. The van der Waals surface area contributed by atoms with Crippen molar-refractivity contribution in [1.82, 2.24) is 9.71 Å². The molecule has 0 aliphatic rings. The third-order valence-corrected chi connectivity index (χ3v) is 4.95. The van der Waals surface area contributed by atoms with Gasteiger partial charge in [-0.2, -0.15) is 0 Å². The van der Waals surface area contributed by atoms with Crippen LogP contribution in [0.2, 0.25) is 0 Å². The van der Waals surface area contributed by atoms with E-state index in [-0.39, 0.29) is 15.8 Å². The molecule has 1 heterocycles. The van der Waals surface area contributed by atoms with Gasteiger partial charge in [0.05, 0.1) is 10.4 Å². The van der Waals surface area contributed by atoms with Crippen molar-refractivity contribution >= 4 is 36.9 Å². The third-order valence-electron chi connectivity index (χ3n) is 2.93. The number of benzene rings is 1. The summed E-state index contributed by atoms with van der Waals surface area (Å²) in [4.78, 5) is 4.72. The van der Waals surface area contributed by atoms with Crippen molar-refractivity contribution in [3.05, 3.63) is 36.5 Å². The van der Waals surface area contributed by atoms with Crippen LogP contribution in [0, 0.1) is 0 Å². The Morgan fingerprint density at radius 2 is 2.00 bits per heavy atom. The van der Waals surface area contributed by atoms with Crippen LogP contribution in [-0.4, -0.2) is 24.3 Å². The quantitative estimate of drug-likeness (QED) is 0.837. The highest BCUT2D eigenvalue weighted by Crippen LogP contribution is 2.21. The molecule has 2 unspecified atom stereocenters. The van der Waals surface area contributed by atoms with E-state index in [0.29, 0.717) is 10.9 Å². The Balaban J connectivity index is 2.37. The summed E-state index contributed by atoms with van der Waals surface area (Å²) < 4.78 is 27.7. The summed E-state index contributed by atoms with van der Waals surface area (Å²) in [6.07, 6.45) is 2.38. The summed E-state index contributed by atoms with van der Waals surface area (Å²) in [7, 11) is -3.54. The van der Waals surface area contributed by atoms with E-state index in [0.717, 1.165) is 6.42 Å². The molecule has 6 heteroatoms. The molecule has 108 valence electrons. The van der Waals surface area contributed by atoms with Gasteiger partial charge in [0.1, 0.15) is 0 Å². The molecule has 4 nitrogen and oxygen atoms in total. The Hall–Kier alpha value is -0.980. The normalized spacial score (nSPS) is 15.2. The van der Waals surface area contributed by atoms with E-state index in [1.807, 2.05) is 13.8 Å². The fourth-order valence-electron chi connectivity index (χ4n) is 2.17. The molecule has 0 aliphatic carbocycles. The number of rotatable bonds is 5. The number of pyridine rings is 1. The van der Waals surface area contributed by atoms with Gasteiger partial charge in [0.15, 0.2) is 0 Å². The first-order valence-corrected chi connectivity index (χ1v) is 8.80. The zero-order valence-electron chi connectivity index (χ0n) is 11.4. The lowest BCUT2D eigenvalue weighted by Gasteiger charge is -2.16. The van der Waals surface area contributed by atoms with Crippen LogP contribution in [0.1, 0.15) is 20.3 Å². The SMILES string of the molecule is CC(Br)CC(C)NS(=O)(=O)c1cccc2ncccc12. The summed E-state index contributed by atoms with van der Waals surface area (Å²) in [6, 6.07) is 8.50. The Labute approximate surface area is 127 Å². The van der Waals surface area contributed by atoms with Crippen LogP contribution in [0.25, 0.3) is 10.9 Å². The van der Waals surface area contributed by atoms with E-state index >= 15 is 0 Å². The molecule has 1 aromatic heterocycles. The molecule has 0 fully saturated rings. The van der Waals surface area contributed by atoms with Gasteiger partial charge in [0, 0.05) is 22.5 Å². The maximum absolute atomic E-state index is 12.5. The van der Waals surface area contributed by atoms with Gasteiger partial charge in [0.2, 0.25) is 10.0 Å². The predicted molar refractivity (Wildman–Crippen MR) is 84.5 cm³/mol. The molecule has 20 heavy (non-hydrogen) atoms. The first-order chi connectivity index (χ1) is 9.40. The van der Waals surface area contributed by atoms with Crippen LogP contribution in [0.5, 0.6) is 0 Å². The van der Waals surface area contributed by atoms with Crippen molar-refractivity contribution < 1.29 is 8.42 Å². The molecule has 0 amide bonds. The van der Waals surface area contributed by atoms with Crippen molar-refractivity contribution in [3.63, 3.8) is 0 Å². The molecule has 0 bridgehead atoms. The zero-order chi connectivity index (χ0) is 14.8. The first kappa shape index (κ1) is 15.4. The highest BCUT2D eigenvalue weighted by Gasteiger charge is 2.20. The van der Waals surface area contributed by atoms with Crippen LogP contribution < -0.4 is 4.72 Å². The average Bonchev–Trinajstić information content (AvgIpc) is 2.36. The van der Waals surface area contributed by atoms with Crippen molar-refractivity contribution in [2.75, 3.05) is 0 Å². The van der Waals surface area contributed by atoms with E-state index in [4.69, 9.17) is 0 Å². The molecular formula is C14H17BrN2O2S. The molecule has 1 aromatic carbocycles. The zero-order valence-corrected chi connectivity index (χ0v) is 13.8. The summed E-state index contributed by atoms with van der Waals surface area (Å²) in [5.74, 6) is 0. The highest BCUT2D eigenvalue weighted by atomic mass is 79.9. The van der Waals surface area contributed by atoms with E-state index in [1.54, 1.807) is 36.5 Å². The van der Waals surface area contributed by atoms with Gasteiger partial charge in [-0.05, 0) is 37.6 Å². The minimum absolute atomic E-state index is 0.138. The average molecular weight is 357 g/mol. The van der Waals surface area contributed by atoms with Gasteiger partial charge in [-0.15, -0.1) is 0 Å². The number of aromatic nitrogens is 1. The van der Waals surface area contributed by atoms with E-state index in [2.05, 4.69) is 25.6 Å². The molecule has 1 N–H and O–H groups in total. The second-order valence-electron chi connectivity index (χ2n) is 4.87. The standard InChI is InChI=1S/C14H17BrN2O2S/c1-10(15)9-11(2)17-20(18,19)14-7-3-6-13-12(14)5-4-8-16-13/h3-8,10-11,17H,9H2,1-2H3. The largest absolute Gasteiger partial charge is 0.256 e. The minimum atomic E-state index is -3.54. The number of alkyl halides is 1. The summed E-state index contributed by atoms with van der Waals surface area (Å²) in [5, 5.41) is 0.640. The Morgan fingerprint density at radius 3 is 2.70 bits per heavy atom. The molecule has 0 spiro atoms. The van der Waals surface area contributed by atoms with Crippen molar-refractivity contribution in [1.29, 1.82) is 0 Å². The number of hydrogen-bond donors (Lipinski definition) is 1. The molecule has 0 saturated carbocycles. The van der Waals surface area contributed by atoms with Gasteiger partial charge in [-0.25, -0.2) is 13.1 Å². The van der Waals surface area contributed by atoms with E-state index in [9.17, 15) is 8.42 Å². The molecule has 2 rings (SSSR count). The van der Waals surface area contributed by atoms with Crippen molar-refractivity contribution in [3.8, 4) is 0 Å². The van der Waals surface area contributed by atoms with Crippen LogP contribution >= 0.6 is 15.9 Å². The van der Waals surface area contributed by atoms with Gasteiger partial charge in [0.25, 0.3) is 0 Å². The van der Waals surface area contributed by atoms with Gasteiger partial charge in [-0.1, -0.05) is 28.9 Å². The molecule has 2 aromatic rings. The van der Waals surface area contributed by atoms with E-state index in [1.165, 1.54) is 0 Å². The minimum Gasteiger partial charge on any atom is -0.256 e. The van der Waals surface area contributed by atoms with Crippen molar-refractivity contribution in [2.24, 2.45) is 0 Å². The number of nitrogens with one attached hydrogen (secondary N) is 1. The van der Waals surface area contributed by atoms with Gasteiger partial charge in [-0.3, -0.25) is 4.98 Å². The lowest BCUT2D eigenvalue weighted by atomic mass is 10.2. The maximum atomic E-state index is 12.5. The third kappa shape index (κ3) is 3.56. The van der Waals surface area contributed by atoms with Gasteiger partial charge < -0.3 is 0 Å². The Kier molecular flexibility index (Phi) is 4.78.